The van der Waals surface area contributed by atoms with Crippen molar-refractivity contribution in [1.29, 1.82) is 0 Å². The molecule has 3 aromatic rings. The van der Waals surface area contributed by atoms with E-state index in [9.17, 15) is 9.18 Å². The van der Waals surface area contributed by atoms with Gasteiger partial charge >= 0.3 is 0 Å². The summed E-state index contributed by atoms with van der Waals surface area (Å²) >= 11 is 5.06. The summed E-state index contributed by atoms with van der Waals surface area (Å²) in [4.78, 5) is 15.6. The van der Waals surface area contributed by atoms with Crippen LogP contribution in [0.1, 0.15) is 13.3 Å². The van der Waals surface area contributed by atoms with Gasteiger partial charge in [-0.1, -0.05) is 19.1 Å². The Morgan fingerprint density at radius 3 is 2.83 bits per heavy atom. The fourth-order valence-corrected chi connectivity index (χ4v) is 2.36. The third-order valence-electron chi connectivity index (χ3n) is 3.32. The normalized spacial score (nSPS) is 10.6. The quantitative estimate of drug-likeness (QED) is 0.707. The Kier molecular flexibility index (Phi) is 4.52. The average molecular weight is 343 g/mol. The lowest BCUT2D eigenvalue weighted by Gasteiger charge is -2.08. The molecule has 0 atom stereocenters. The number of hydrogen-bond acceptors (Lipinski definition) is 4. The number of amides is 1. The second-order valence-corrected chi connectivity index (χ2v) is 5.45. The van der Waals surface area contributed by atoms with E-state index >= 15 is 0 Å². The van der Waals surface area contributed by atoms with Crippen LogP contribution in [0, 0.1) is 5.82 Å². The maximum Gasteiger partial charge on any atom is 0.230 e. The molecule has 2 aromatic carbocycles. The van der Waals surface area contributed by atoms with E-state index in [-0.39, 0.29) is 16.9 Å². The SMILES string of the molecule is CCC(=O)NC(=S)Nc1ccc2oc(-c3ccccc3F)nc2c1. The zero-order chi connectivity index (χ0) is 17.1. The summed E-state index contributed by atoms with van der Waals surface area (Å²) in [5.41, 5.74) is 2.04. The number of nitrogens with zero attached hydrogens (tertiary/aromatic N) is 1. The number of thiocarbonyl (C=S) groups is 1. The Labute approximate surface area is 142 Å². The van der Waals surface area contributed by atoms with Gasteiger partial charge in [0.1, 0.15) is 11.3 Å². The molecule has 0 saturated heterocycles. The average Bonchev–Trinajstić information content (AvgIpc) is 2.98. The number of hydrogen-bond donors (Lipinski definition) is 2. The predicted octanol–water partition coefficient (Wildman–Crippen LogP) is 3.86. The predicted molar refractivity (Wildman–Crippen MR) is 94.1 cm³/mol. The molecular weight excluding hydrogens is 329 g/mol. The van der Waals surface area contributed by atoms with Crippen LogP contribution in [0.15, 0.2) is 46.9 Å². The van der Waals surface area contributed by atoms with Gasteiger partial charge < -0.3 is 15.1 Å². The first-order chi connectivity index (χ1) is 11.6. The van der Waals surface area contributed by atoms with E-state index in [4.69, 9.17) is 16.6 Å². The summed E-state index contributed by atoms with van der Waals surface area (Å²) in [5.74, 6) is -0.357. The molecule has 0 fully saturated rings. The molecular formula is C17H14FN3O2S. The molecule has 2 N–H and O–H groups in total. The van der Waals surface area contributed by atoms with Gasteiger partial charge in [0.15, 0.2) is 10.7 Å². The van der Waals surface area contributed by atoms with Crippen molar-refractivity contribution in [2.75, 3.05) is 5.32 Å². The smallest absolute Gasteiger partial charge is 0.230 e. The van der Waals surface area contributed by atoms with E-state index in [1.165, 1.54) is 6.07 Å². The molecule has 0 radical (unpaired) electrons. The third kappa shape index (κ3) is 3.41. The first-order valence-corrected chi connectivity index (χ1v) is 7.74. The molecule has 1 aromatic heterocycles. The Bertz CT molecular complexity index is 923. The van der Waals surface area contributed by atoms with E-state index in [0.29, 0.717) is 28.8 Å². The van der Waals surface area contributed by atoms with Crippen LogP contribution in [0.2, 0.25) is 0 Å². The molecule has 0 aliphatic rings. The molecule has 1 heterocycles. The van der Waals surface area contributed by atoms with Crippen LogP contribution < -0.4 is 10.6 Å². The zero-order valence-corrected chi connectivity index (χ0v) is 13.6. The molecule has 5 nitrogen and oxygen atoms in total. The highest BCUT2D eigenvalue weighted by molar-refractivity contribution is 7.80. The lowest BCUT2D eigenvalue weighted by Crippen LogP contribution is -2.33. The van der Waals surface area contributed by atoms with Crippen molar-refractivity contribution < 1.29 is 13.6 Å². The number of carbonyl (C=O) groups excluding carboxylic acids is 1. The fourth-order valence-electron chi connectivity index (χ4n) is 2.13. The number of halogens is 1. The van der Waals surface area contributed by atoms with Gasteiger partial charge in [-0.3, -0.25) is 4.79 Å². The minimum Gasteiger partial charge on any atom is -0.436 e. The maximum atomic E-state index is 13.8. The van der Waals surface area contributed by atoms with Gasteiger partial charge in [-0.25, -0.2) is 9.37 Å². The van der Waals surface area contributed by atoms with Crippen LogP contribution in [-0.2, 0) is 4.79 Å². The third-order valence-corrected chi connectivity index (χ3v) is 3.53. The van der Waals surface area contributed by atoms with Gasteiger partial charge in [0.05, 0.1) is 5.56 Å². The molecule has 122 valence electrons. The molecule has 3 rings (SSSR count). The fraction of sp³-hybridized carbons (Fsp3) is 0.118. The highest BCUT2D eigenvalue weighted by Crippen LogP contribution is 2.27. The number of aromatic nitrogens is 1. The topological polar surface area (TPSA) is 67.2 Å². The van der Waals surface area contributed by atoms with Crippen LogP contribution in [-0.4, -0.2) is 16.0 Å². The molecule has 1 amide bonds. The second-order valence-electron chi connectivity index (χ2n) is 5.04. The molecule has 0 bridgehead atoms. The Morgan fingerprint density at radius 1 is 1.29 bits per heavy atom. The van der Waals surface area contributed by atoms with E-state index in [1.54, 1.807) is 43.3 Å². The van der Waals surface area contributed by atoms with Crippen molar-refractivity contribution in [2.45, 2.75) is 13.3 Å². The Morgan fingerprint density at radius 2 is 2.08 bits per heavy atom. The van der Waals surface area contributed by atoms with Crippen molar-refractivity contribution in [1.82, 2.24) is 10.3 Å². The summed E-state index contributed by atoms with van der Waals surface area (Å²) in [5, 5.41) is 5.66. The minimum atomic E-state index is -0.397. The van der Waals surface area contributed by atoms with Crippen LogP contribution >= 0.6 is 12.2 Å². The van der Waals surface area contributed by atoms with Crippen molar-refractivity contribution in [3.8, 4) is 11.5 Å². The highest BCUT2D eigenvalue weighted by Gasteiger charge is 2.12. The molecule has 0 spiro atoms. The number of fused-ring (bicyclic) bond motifs is 1. The number of benzene rings is 2. The lowest BCUT2D eigenvalue weighted by atomic mass is 10.2. The Hall–Kier alpha value is -2.80. The maximum absolute atomic E-state index is 13.8. The van der Waals surface area contributed by atoms with Gasteiger partial charge in [-0.15, -0.1) is 0 Å². The molecule has 0 unspecified atom stereocenters. The first kappa shape index (κ1) is 16.1. The van der Waals surface area contributed by atoms with Crippen LogP contribution in [0.3, 0.4) is 0 Å². The summed E-state index contributed by atoms with van der Waals surface area (Å²) in [6, 6.07) is 11.4. The summed E-state index contributed by atoms with van der Waals surface area (Å²) in [7, 11) is 0. The largest absolute Gasteiger partial charge is 0.436 e. The number of anilines is 1. The van der Waals surface area contributed by atoms with Gasteiger partial charge in [-0.05, 0) is 42.5 Å². The molecule has 7 heteroatoms. The summed E-state index contributed by atoms with van der Waals surface area (Å²) < 4.78 is 19.4. The number of carbonyl (C=O) groups is 1. The zero-order valence-electron chi connectivity index (χ0n) is 12.8. The molecule has 0 saturated carbocycles. The van der Waals surface area contributed by atoms with Gasteiger partial charge in [0, 0.05) is 12.1 Å². The van der Waals surface area contributed by atoms with Crippen molar-refractivity contribution in [2.24, 2.45) is 0 Å². The molecule has 0 aliphatic heterocycles. The van der Waals surface area contributed by atoms with E-state index in [0.717, 1.165) is 0 Å². The monoisotopic (exact) mass is 343 g/mol. The van der Waals surface area contributed by atoms with Crippen LogP contribution in [0.4, 0.5) is 10.1 Å². The number of rotatable bonds is 3. The number of oxazole rings is 1. The van der Waals surface area contributed by atoms with Crippen molar-refractivity contribution >= 4 is 40.0 Å². The summed E-state index contributed by atoms with van der Waals surface area (Å²) in [6.07, 6.45) is 0.343. The molecule has 0 aliphatic carbocycles. The standard InChI is InChI=1S/C17H14FN3O2S/c1-2-15(22)21-17(24)19-10-7-8-14-13(9-10)20-16(23-14)11-5-3-4-6-12(11)18/h3-9H,2H2,1H3,(H2,19,21,22,24). The van der Waals surface area contributed by atoms with Crippen LogP contribution in [0.5, 0.6) is 0 Å². The molecule has 24 heavy (non-hydrogen) atoms. The van der Waals surface area contributed by atoms with Gasteiger partial charge in [0.2, 0.25) is 11.8 Å². The summed E-state index contributed by atoms with van der Waals surface area (Å²) in [6.45, 7) is 1.74. The van der Waals surface area contributed by atoms with E-state index < -0.39 is 5.82 Å². The van der Waals surface area contributed by atoms with Crippen LogP contribution in [0.25, 0.3) is 22.6 Å². The minimum absolute atomic E-state index is 0.170. The highest BCUT2D eigenvalue weighted by atomic mass is 32.1. The van der Waals surface area contributed by atoms with Gasteiger partial charge in [-0.2, -0.15) is 0 Å². The van der Waals surface area contributed by atoms with Gasteiger partial charge in [0.25, 0.3) is 0 Å². The number of nitrogens with one attached hydrogen (secondary N) is 2. The van der Waals surface area contributed by atoms with E-state index in [1.807, 2.05) is 0 Å². The Balaban J connectivity index is 1.85. The van der Waals surface area contributed by atoms with E-state index in [2.05, 4.69) is 15.6 Å². The van der Waals surface area contributed by atoms with Crippen molar-refractivity contribution in [3.05, 3.63) is 48.3 Å². The second kappa shape index (κ2) is 6.76. The lowest BCUT2D eigenvalue weighted by molar-refractivity contribution is -0.119. The van der Waals surface area contributed by atoms with Crippen molar-refractivity contribution in [3.63, 3.8) is 0 Å². The first-order valence-electron chi connectivity index (χ1n) is 7.33.